The van der Waals surface area contributed by atoms with Crippen molar-refractivity contribution in [1.82, 2.24) is 0 Å². The van der Waals surface area contributed by atoms with E-state index >= 15 is 0 Å². The first-order valence-corrected chi connectivity index (χ1v) is 12.7. The Hall–Kier alpha value is -2.28. The molecule has 0 aliphatic carbocycles. The quantitative estimate of drug-likeness (QED) is 0.197. The highest BCUT2D eigenvalue weighted by molar-refractivity contribution is 8.04. The van der Waals surface area contributed by atoms with E-state index in [1.165, 1.54) is 23.9 Å². The molecule has 4 rings (SSSR count). The molecule has 33 heavy (non-hydrogen) atoms. The Morgan fingerprint density at radius 2 is 1.39 bits per heavy atom. The van der Waals surface area contributed by atoms with Crippen molar-refractivity contribution in [3.63, 3.8) is 0 Å². The molecule has 3 aromatic carbocycles. The third-order valence-corrected chi connectivity index (χ3v) is 9.23. The van der Waals surface area contributed by atoms with Gasteiger partial charge in [-0.3, -0.25) is 4.55 Å². The van der Waals surface area contributed by atoms with Crippen molar-refractivity contribution in [3.8, 4) is 5.75 Å². The molecule has 4 nitrogen and oxygen atoms in total. The molecule has 0 saturated carbocycles. The predicted molar refractivity (Wildman–Crippen MR) is 113 cm³/mol. The van der Waals surface area contributed by atoms with Gasteiger partial charge in [0.15, 0.2) is 14.7 Å². The number of benzene rings is 3. The highest BCUT2D eigenvalue weighted by Crippen LogP contribution is 2.48. The Bertz CT molecular complexity index is 1250. The van der Waals surface area contributed by atoms with Crippen LogP contribution in [-0.4, -0.2) is 30.5 Å². The fourth-order valence-corrected chi connectivity index (χ4v) is 7.40. The number of halogens is 5. The van der Waals surface area contributed by atoms with Crippen LogP contribution in [0.15, 0.2) is 97.3 Å². The topological polar surface area (TPSA) is 63.6 Å². The van der Waals surface area contributed by atoms with Gasteiger partial charge >= 0.3 is 21.5 Å². The maximum Gasteiger partial charge on any atom is 0.432 e. The Kier molecular flexibility index (Phi) is 6.14. The highest BCUT2D eigenvalue weighted by atomic mass is 32.2. The van der Waals surface area contributed by atoms with E-state index in [2.05, 4.69) is 4.74 Å². The molecule has 0 amide bonds. The van der Waals surface area contributed by atoms with Gasteiger partial charge < -0.3 is 4.74 Å². The zero-order chi connectivity index (χ0) is 24.0. The molecule has 1 aliphatic heterocycles. The van der Waals surface area contributed by atoms with Crippen LogP contribution in [0, 0.1) is 0 Å². The largest absolute Gasteiger partial charge is 0.473 e. The van der Waals surface area contributed by atoms with Gasteiger partial charge in [-0.15, -0.1) is 0 Å². The summed E-state index contributed by atoms with van der Waals surface area (Å²) in [5.41, 5.74) is 0. The molecule has 1 N–H and O–H groups in total. The molecule has 174 valence electrons. The van der Waals surface area contributed by atoms with Crippen LogP contribution in [0.2, 0.25) is 0 Å². The van der Waals surface area contributed by atoms with Gasteiger partial charge in [-0.05, 0) is 36.4 Å². The molecule has 12 heteroatoms. The number of rotatable bonds is 5. The molecule has 0 radical (unpaired) electrons. The molecule has 1 unspecified atom stereocenters. The maximum absolute atomic E-state index is 13.9. The van der Waals surface area contributed by atoms with Crippen LogP contribution < -0.4 is 4.74 Å². The van der Waals surface area contributed by atoms with E-state index in [0.717, 1.165) is 25.6 Å². The Balaban J connectivity index is 1.78. The average Bonchev–Trinajstić information content (AvgIpc) is 2.74. The first-order chi connectivity index (χ1) is 15.4. The molecular weight excluding hydrogens is 507 g/mol. The van der Waals surface area contributed by atoms with E-state index in [1.54, 1.807) is 6.07 Å². The van der Waals surface area contributed by atoms with E-state index in [4.69, 9.17) is 4.55 Å². The summed E-state index contributed by atoms with van der Waals surface area (Å²) in [5.74, 6) is -0.612. The molecule has 0 fully saturated rings. The van der Waals surface area contributed by atoms with E-state index in [0.29, 0.717) is 4.90 Å². The van der Waals surface area contributed by atoms with E-state index in [9.17, 15) is 30.4 Å². The maximum atomic E-state index is 13.9. The van der Waals surface area contributed by atoms with Gasteiger partial charge in [-0.2, -0.15) is 30.4 Å². The van der Waals surface area contributed by atoms with Crippen molar-refractivity contribution in [2.24, 2.45) is 0 Å². The lowest BCUT2D eigenvalue weighted by Crippen LogP contribution is -2.53. The molecule has 0 saturated heterocycles. The summed E-state index contributed by atoms with van der Waals surface area (Å²) in [6.45, 7) is 0. The Labute approximate surface area is 192 Å². The van der Waals surface area contributed by atoms with Crippen molar-refractivity contribution >= 4 is 32.8 Å². The van der Waals surface area contributed by atoms with Crippen LogP contribution in [0.5, 0.6) is 5.75 Å². The second-order valence-corrected chi connectivity index (χ2v) is 11.4. The van der Waals surface area contributed by atoms with Crippen molar-refractivity contribution in [3.05, 3.63) is 72.8 Å². The second-order valence-electron chi connectivity index (χ2n) is 6.85. The van der Waals surface area contributed by atoms with E-state index in [-0.39, 0.29) is 0 Å². The first-order valence-electron chi connectivity index (χ1n) is 9.18. The number of ether oxygens (including phenoxy) is 1. The third kappa shape index (κ3) is 4.57. The fraction of sp³-hybridized carbons (Fsp3) is 0.143. The summed E-state index contributed by atoms with van der Waals surface area (Å²) in [4.78, 5) is 4.17. The van der Waals surface area contributed by atoms with Crippen LogP contribution in [0.25, 0.3) is 0 Å². The van der Waals surface area contributed by atoms with Gasteiger partial charge in [-0.25, -0.2) is 0 Å². The normalized spacial score (nSPS) is 15.5. The number of hydrogen-bond acceptors (Lipinski definition) is 4. The SMILES string of the molecule is O=S(=O)(O)C(F)(F)C(Oc1cccc([S+]2c3ccccc3Sc3ccccc32)c1)C(F)(F)F. The van der Waals surface area contributed by atoms with Gasteiger partial charge in [-0.1, -0.05) is 42.1 Å². The van der Waals surface area contributed by atoms with Gasteiger partial charge in [0.25, 0.3) is 6.10 Å². The summed E-state index contributed by atoms with van der Waals surface area (Å²) < 4.78 is 103. The van der Waals surface area contributed by atoms with Crippen LogP contribution in [0.4, 0.5) is 22.0 Å². The minimum absolute atomic E-state index is 0.490. The summed E-state index contributed by atoms with van der Waals surface area (Å²) in [5, 5.41) is -5.61. The van der Waals surface area contributed by atoms with Crippen molar-refractivity contribution < 1.29 is 39.7 Å². The van der Waals surface area contributed by atoms with Gasteiger partial charge in [0.1, 0.15) is 16.6 Å². The molecule has 1 heterocycles. The smallest absolute Gasteiger partial charge is 0.432 e. The molecule has 3 aromatic rings. The summed E-state index contributed by atoms with van der Waals surface area (Å²) in [7, 11) is -7.17. The lowest BCUT2D eigenvalue weighted by Gasteiger charge is -2.27. The van der Waals surface area contributed by atoms with Crippen molar-refractivity contribution in [1.29, 1.82) is 0 Å². The average molecular weight is 522 g/mol. The fourth-order valence-electron chi connectivity index (χ4n) is 3.17. The molecule has 0 spiro atoms. The Morgan fingerprint density at radius 3 is 1.91 bits per heavy atom. The second kappa shape index (κ2) is 8.49. The highest BCUT2D eigenvalue weighted by Gasteiger charge is 2.65. The predicted octanol–water partition coefficient (Wildman–Crippen LogP) is 6.04. The van der Waals surface area contributed by atoms with Crippen LogP contribution in [-0.2, 0) is 21.0 Å². The standard InChI is InChI=1S/C21H13F5O4S3/c22-20(23,24)19(21(25,26)33(27,28)29)30-13-6-5-7-14(12-13)32-17-10-3-1-8-15(17)31-16-9-2-4-11-18(16)32/h1-12,19H/p+1. The van der Waals surface area contributed by atoms with Gasteiger partial charge in [0.05, 0.1) is 9.79 Å². The number of fused-ring (bicyclic) bond motifs is 2. The number of hydrogen-bond donors (Lipinski definition) is 1. The zero-order valence-corrected chi connectivity index (χ0v) is 18.7. The molecular formula is C21H14F5O4S3+. The summed E-state index contributed by atoms with van der Waals surface area (Å²) >= 11 is 1.54. The third-order valence-electron chi connectivity index (χ3n) is 4.60. The monoisotopic (exact) mass is 521 g/mol. The van der Waals surface area contributed by atoms with E-state index < -0.39 is 44.3 Å². The van der Waals surface area contributed by atoms with Crippen molar-refractivity contribution in [2.45, 2.75) is 42.0 Å². The summed E-state index contributed by atoms with van der Waals surface area (Å²) in [6, 6.07) is 20.1. The minimum Gasteiger partial charge on any atom is -0.473 e. The zero-order valence-electron chi connectivity index (χ0n) is 16.3. The van der Waals surface area contributed by atoms with Crippen molar-refractivity contribution in [2.75, 3.05) is 0 Å². The molecule has 1 aliphatic rings. The van der Waals surface area contributed by atoms with E-state index in [1.807, 2.05) is 48.5 Å². The van der Waals surface area contributed by atoms with Gasteiger partial charge in [0, 0.05) is 6.07 Å². The first kappa shape index (κ1) is 23.9. The minimum atomic E-state index is -6.39. The Morgan fingerprint density at radius 1 is 0.848 bits per heavy atom. The lowest BCUT2D eigenvalue weighted by molar-refractivity contribution is -0.239. The van der Waals surface area contributed by atoms with Crippen LogP contribution in [0.3, 0.4) is 0 Å². The molecule has 0 aromatic heterocycles. The molecule has 0 bridgehead atoms. The van der Waals surface area contributed by atoms with Crippen LogP contribution in [0.1, 0.15) is 0 Å². The lowest BCUT2D eigenvalue weighted by atomic mass is 10.3. The number of alkyl halides is 5. The van der Waals surface area contributed by atoms with Gasteiger partial charge in [0.2, 0.25) is 0 Å². The van der Waals surface area contributed by atoms with Crippen LogP contribution >= 0.6 is 11.8 Å². The molecule has 1 atom stereocenters. The summed E-state index contributed by atoms with van der Waals surface area (Å²) in [6.07, 6.45) is -9.88.